The molecule has 2 atom stereocenters. The van der Waals surface area contributed by atoms with Crippen LogP contribution >= 0.6 is 0 Å². The molecule has 0 aromatic carbocycles. The van der Waals surface area contributed by atoms with Crippen LogP contribution in [-0.4, -0.2) is 18.8 Å². The van der Waals surface area contributed by atoms with Crippen molar-refractivity contribution in [3.63, 3.8) is 0 Å². The Balaban J connectivity index is 4.16. The molecule has 0 aliphatic carbocycles. The summed E-state index contributed by atoms with van der Waals surface area (Å²) in [5.41, 5.74) is 0. The molecule has 1 N–H and O–H groups in total. The van der Waals surface area contributed by atoms with Crippen LogP contribution in [0.2, 0.25) is 0 Å². The third-order valence-electron chi connectivity index (χ3n) is 2.54. The molecule has 92 valence electrons. The first-order chi connectivity index (χ1) is 6.90. The molecule has 0 saturated heterocycles. The van der Waals surface area contributed by atoms with Gasteiger partial charge >= 0.3 is 6.18 Å². The molecule has 0 aliphatic heterocycles. The van der Waals surface area contributed by atoms with Crippen LogP contribution < -0.4 is 5.32 Å². The number of hydrogen-bond acceptors (Lipinski definition) is 1. The maximum atomic E-state index is 12.3. The molecule has 0 heterocycles. The van der Waals surface area contributed by atoms with Crippen molar-refractivity contribution in [1.82, 2.24) is 5.32 Å². The van der Waals surface area contributed by atoms with Gasteiger partial charge in [0.15, 0.2) is 0 Å². The topological polar surface area (TPSA) is 12.0 Å². The molecule has 0 spiro atoms. The highest BCUT2D eigenvalue weighted by Gasteiger charge is 2.33. The number of rotatable bonds is 7. The van der Waals surface area contributed by atoms with Crippen molar-refractivity contribution >= 4 is 0 Å². The second kappa shape index (κ2) is 7.09. The van der Waals surface area contributed by atoms with Crippen molar-refractivity contribution in [2.45, 2.75) is 58.7 Å². The van der Waals surface area contributed by atoms with Gasteiger partial charge in [0.1, 0.15) is 0 Å². The minimum atomic E-state index is -4.06. The molecule has 0 radical (unpaired) electrons. The van der Waals surface area contributed by atoms with Crippen LogP contribution in [0.1, 0.15) is 46.5 Å². The maximum Gasteiger partial charge on any atom is 0.390 e. The Labute approximate surface area is 90.4 Å². The summed E-state index contributed by atoms with van der Waals surface area (Å²) in [6.07, 6.45) is -2.13. The van der Waals surface area contributed by atoms with Gasteiger partial charge in [-0.1, -0.05) is 27.2 Å². The van der Waals surface area contributed by atoms with E-state index in [1.54, 1.807) is 0 Å². The predicted molar refractivity (Wildman–Crippen MR) is 56.8 cm³/mol. The summed E-state index contributed by atoms with van der Waals surface area (Å²) in [7, 11) is 0. The van der Waals surface area contributed by atoms with Crippen molar-refractivity contribution in [3.8, 4) is 0 Å². The van der Waals surface area contributed by atoms with Crippen LogP contribution in [-0.2, 0) is 0 Å². The van der Waals surface area contributed by atoms with Crippen LogP contribution in [0.25, 0.3) is 0 Å². The second-order valence-electron chi connectivity index (χ2n) is 4.15. The SMILES string of the molecule is CCCNC(CC(F)(F)F)C(C)CCC. The average Bonchev–Trinajstić information content (AvgIpc) is 2.10. The number of halogens is 3. The van der Waals surface area contributed by atoms with E-state index in [4.69, 9.17) is 0 Å². The van der Waals surface area contributed by atoms with Crippen LogP contribution in [0, 0.1) is 5.92 Å². The Morgan fingerprint density at radius 1 is 1.13 bits per heavy atom. The Bertz CT molecular complexity index is 156. The van der Waals surface area contributed by atoms with Crippen molar-refractivity contribution in [1.29, 1.82) is 0 Å². The molecule has 0 amide bonds. The summed E-state index contributed by atoms with van der Waals surface area (Å²) < 4.78 is 36.9. The first kappa shape index (κ1) is 14.8. The van der Waals surface area contributed by atoms with E-state index in [1.807, 2.05) is 20.8 Å². The molecule has 0 rings (SSSR count). The molecule has 1 nitrogen and oxygen atoms in total. The fourth-order valence-corrected chi connectivity index (χ4v) is 1.71. The summed E-state index contributed by atoms with van der Waals surface area (Å²) in [4.78, 5) is 0. The van der Waals surface area contributed by atoms with E-state index in [9.17, 15) is 13.2 Å². The van der Waals surface area contributed by atoms with E-state index >= 15 is 0 Å². The van der Waals surface area contributed by atoms with Gasteiger partial charge in [0.2, 0.25) is 0 Å². The zero-order chi connectivity index (χ0) is 11.9. The van der Waals surface area contributed by atoms with Crippen LogP contribution in [0.3, 0.4) is 0 Å². The predicted octanol–water partition coefficient (Wildman–Crippen LogP) is 3.74. The molecule has 4 heteroatoms. The van der Waals surface area contributed by atoms with Crippen LogP contribution in [0.4, 0.5) is 13.2 Å². The molecular weight excluding hydrogens is 203 g/mol. The molecule has 0 bridgehead atoms. The van der Waals surface area contributed by atoms with Crippen molar-refractivity contribution in [3.05, 3.63) is 0 Å². The Morgan fingerprint density at radius 2 is 1.73 bits per heavy atom. The standard InChI is InChI=1S/C11H22F3N/c1-4-6-9(3)10(15-7-5-2)8-11(12,13)14/h9-10,15H,4-8H2,1-3H3. The first-order valence-corrected chi connectivity index (χ1v) is 5.70. The fourth-order valence-electron chi connectivity index (χ4n) is 1.71. The lowest BCUT2D eigenvalue weighted by Crippen LogP contribution is -2.39. The van der Waals surface area contributed by atoms with Crippen molar-refractivity contribution in [2.75, 3.05) is 6.54 Å². The zero-order valence-electron chi connectivity index (χ0n) is 9.82. The van der Waals surface area contributed by atoms with E-state index in [0.717, 1.165) is 19.3 Å². The zero-order valence-corrected chi connectivity index (χ0v) is 9.82. The highest BCUT2D eigenvalue weighted by Crippen LogP contribution is 2.26. The normalized spacial score (nSPS) is 16.4. The lowest BCUT2D eigenvalue weighted by Gasteiger charge is -2.26. The van der Waals surface area contributed by atoms with E-state index in [1.165, 1.54) is 0 Å². The van der Waals surface area contributed by atoms with Gasteiger partial charge < -0.3 is 5.32 Å². The summed E-state index contributed by atoms with van der Waals surface area (Å²) >= 11 is 0. The molecule has 0 saturated carbocycles. The third kappa shape index (κ3) is 7.65. The number of alkyl halides is 3. The molecule has 0 aromatic rings. The van der Waals surface area contributed by atoms with E-state index in [2.05, 4.69) is 5.32 Å². The first-order valence-electron chi connectivity index (χ1n) is 5.70. The molecular formula is C11H22F3N. The average molecular weight is 225 g/mol. The summed E-state index contributed by atoms with van der Waals surface area (Å²) in [5.74, 6) is 0.0863. The highest BCUT2D eigenvalue weighted by atomic mass is 19.4. The van der Waals surface area contributed by atoms with Crippen molar-refractivity contribution in [2.24, 2.45) is 5.92 Å². The molecule has 0 aromatic heterocycles. The van der Waals surface area contributed by atoms with E-state index in [-0.39, 0.29) is 5.92 Å². The largest absolute Gasteiger partial charge is 0.390 e. The molecule has 0 aliphatic rings. The quantitative estimate of drug-likeness (QED) is 0.696. The van der Waals surface area contributed by atoms with E-state index in [0.29, 0.717) is 6.54 Å². The van der Waals surface area contributed by atoms with Crippen molar-refractivity contribution < 1.29 is 13.2 Å². The van der Waals surface area contributed by atoms with Gasteiger partial charge in [0.25, 0.3) is 0 Å². The summed E-state index contributed by atoms with van der Waals surface area (Å²) in [6, 6.07) is -0.426. The lowest BCUT2D eigenvalue weighted by molar-refractivity contribution is -0.142. The van der Waals surface area contributed by atoms with Gasteiger partial charge in [0, 0.05) is 6.04 Å². The summed E-state index contributed by atoms with van der Waals surface area (Å²) in [6.45, 7) is 6.51. The highest BCUT2D eigenvalue weighted by molar-refractivity contribution is 4.76. The Morgan fingerprint density at radius 3 is 2.13 bits per heavy atom. The van der Waals surface area contributed by atoms with Gasteiger partial charge in [-0.3, -0.25) is 0 Å². The van der Waals surface area contributed by atoms with Gasteiger partial charge in [-0.05, 0) is 25.3 Å². The van der Waals surface area contributed by atoms with E-state index < -0.39 is 18.6 Å². The molecule has 0 fully saturated rings. The Kier molecular flexibility index (Phi) is 6.98. The van der Waals surface area contributed by atoms with Gasteiger partial charge in [-0.2, -0.15) is 13.2 Å². The van der Waals surface area contributed by atoms with Gasteiger partial charge in [-0.25, -0.2) is 0 Å². The van der Waals surface area contributed by atoms with Gasteiger partial charge in [-0.15, -0.1) is 0 Å². The summed E-state index contributed by atoms with van der Waals surface area (Å²) in [5, 5.41) is 2.99. The van der Waals surface area contributed by atoms with Crippen LogP contribution in [0.15, 0.2) is 0 Å². The number of nitrogens with one attached hydrogen (secondary N) is 1. The fraction of sp³-hybridized carbons (Fsp3) is 1.00. The lowest BCUT2D eigenvalue weighted by atomic mass is 9.94. The Hall–Kier alpha value is -0.250. The minimum absolute atomic E-state index is 0.0863. The third-order valence-corrected chi connectivity index (χ3v) is 2.54. The monoisotopic (exact) mass is 225 g/mol. The molecule has 15 heavy (non-hydrogen) atoms. The van der Waals surface area contributed by atoms with Gasteiger partial charge in [0.05, 0.1) is 6.42 Å². The molecule has 2 unspecified atom stereocenters. The second-order valence-corrected chi connectivity index (χ2v) is 4.15. The maximum absolute atomic E-state index is 12.3. The number of hydrogen-bond donors (Lipinski definition) is 1. The smallest absolute Gasteiger partial charge is 0.313 e. The van der Waals surface area contributed by atoms with Crippen LogP contribution in [0.5, 0.6) is 0 Å². The minimum Gasteiger partial charge on any atom is -0.313 e.